The van der Waals surface area contributed by atoms with E-state index >= 15 is 0 Å². The normalized spacial score (nSPS) is 11.4. The molecule has 2 aromatic carbocycles. The highest BCUT2D eigenvalue weighted by molar-refractivity contribution is 5.38. The molecule has 2 aromatic rings. The lowest BCUT2D eigenvalue weighted by Gasteiger charge is -2.22. The quantitative estimate of drug-likeness (QED) is 0.775. The highest BCUT2D eigenvalue weighted by atomic mass is 19.1. The number of para-hydroxylation sites is 1. The zero-order chi connectivity index (χ0) is 13.9. The molecule has 1 nitrogen and oxygen atoms in total. The Morgan fingerprint density at radius 2 is 1.74 bits per heavy atom. The van der Waals surface area contributed by atoms with Crippen molar-refractivity contribution in [2.24, 2.45) is 0 Å². The second-order valence-electron chi connectivity index (χ2n) is 5.66. The summed E-state index contributed by atoms with van der Waals surface area (Å²) in [6, 6.07) is 14.5. The molecule has 0 radical (unpaired) electrons. The third kappa shape index (κ3) is 3.57. The van der Waals surface area contributed by atoms with Gasteiger partial charge in [0.2, 0.25) is 0 Å². The van der Waals surface area contributed by atoms with Gasteiger partial charge in [0.25, 0.3) is 0 Å². The van der Waals surface area contributed by atoms with E-state index in [1.54, 1.807) is 6.07 Å². The summed E-state index contributed by atoms with van der Waals surface area (Å²) >= 11 is 0. The maximum atomic E-state index is 13.1. The van der Waals surface area contributed by atoms with Crippen molar-refractivity contribution in [3.8, 4) is 5.75 Å². The number of halogens is 1. The molecule has 2 heteroatoms. The fourth-order valence-electron chi connectivity index (χ4n) is 2.00. The van der Waals surface area contributed by atoms with Gasteiger partial charge in [-0.1, -0.05) is 51.1 Å². The topological polar surface area (TPSA) is 9.23 Å². The van der Waals surface area contributed by atoms with Crippen molar-refractivity contribution in [1.82, 2.24) is 0 Å². The van der Waals surface area contributed by atoms with Gasteiger partial charge in [-0.15, -0.1) is 0 Å². The summed E-state index contributed by atoms with van der Waals surface area (Å²) in [6.07, 6.45) is 0. The van der Waals surface area contributed by atoms with Crippen LogP contribution in [0.15, 0.2) is 48.5 Å². The molecule has 0 saturated carbocycles. The van der Waals surface area contributed by atoms with Gasteiger partial charge in [-0.2, -0.15) is 0 Å². The molecule has 2 rings (SSSR count). The van der Waals surface area contributed by atoms with Gasteiger partial charge in [0.05, 0.1) is 0 Å². The van der Waals surface area contributed by atoms with E-state index in [4.69, 9.17) is 4.74 Å². The fraction of sp³-hybridized carbons (Fsp3) is 0.294. The number of rotatable bonds is 3. The minimum absolute atomic E-state index is 0.0263. The minimum Gasteiger partial charge on any atom is -0.489 e. The summed E-state index contributed by atoms with van der Waals surface area (Å²) in [7, 11) is 0. The van der Waals surface area contributed by atoms with Gasteiger partial charge in [0, 0.05) is 0 Å². The van der Waals surface area contributed by atoms with Crippen molar-refractivity contribution >= 4 is 0 Å². The molecule has 0 N–H and O–H groups in total. The lowest BCUT2D eigenvalue weighted by molar-refractivity contribution is 0.297. The van der Waals surface area contributed by atoms with E-state index < -0.39 is 0 Å². The van der Waals surface area contributed by atoms with Gasteiger partial charge >= 0.3 is 0 Å². The van der Waals surface area contributed by atoms with Crippen molar-refractivity contribution in [2.75, 3.05) is 0 Å². The number of hydrogen-bond acceptors (Lipinski definition) is 1. The highest BCUT2D eigenvalue weighted by Crippen LogP contribution is 2.31. The fourth-order valence-corrected chi connectivity index (χ4v) is 2.00. The van der Waals surface area contributed by atoms with Crippen LogP contribution in [0.5, 0.6) is 5.75 Å². The van der Waals surface area contributed by atoms with Crippen molar-refractivity contribution in [1.29, 1.82) is 0 Å². The zero-order valence-electron chi connectivity index (χ0n) is 11.6. The minimum atomic E-state index is -0.231. The third-order valence-corrected chi connectivity index (χ3v) is 2.98. The Hall–Kier alpha value is -1.83. The summed E-state index contributed by atoms with van der Waals surface area (Å²) in [5.41, 5.74) is 2.02. The first-order valence-corrected chi connectivity index (χ1v) is 6.43. The molecule has 0 bridgehead atoms. The van der Waals surface area contributed by atoms with Crippen LogP contribution < -0.4 is 4.74 Å². The Labute approximate surface area is 114 Å². The van der Waals surface area contributed by atoms with Crippen LogP contribution in [0.25, 0.3) is 0 Å². The van der Waals surface area contributed by atoms with Crippen molar-refractivity contribution in [3.63, 3.8) is 0 Å². The van der Waals surface area contributed by atoms with Crippen LogP contribution >= 0.6 is 0 Å². The predicted octanol–water partition coefficient (Wildman–Crippen LogP) is 4.70. The maximum absolute atomic E-state index is 13.1. The molecule has 0 aromatic heterocycles. The standard InChI is InChI=1S/C17H19FO/c1-17(2,3)15-9-4-5-10-16(15)19-12-13-7-6-8-14(18)11-13/h4-11H,12H2,1-3H3. The molecule has 0 aliphatic heterocycles. The Bertz CT molecular complexity index is 555. The van der Waals surface area contributed by atoms with Gasteiger partial charge in [0.15, 0.2) is 0 Å². The lowest BCUT2D eigenvalue weighted by atomic mass is 9.86. The van der Waals surface area contributed by atoms with E-state index in [1.165, 1.54) is 12.1 Å². The Kier molecular flexibility index (Phi) is 3.89. The largest absolute Gasteiger partial charge is 0.489 e. The molecule has 0 amide bonds. The SMILES string of the molecule is CC(C)(C)c1ccccc1OCc1cccc(F)c1. The molecule has 0 saturated heterocycles. The van der Waals surface area contributed by atoms with Crippen LogP contribution in [0.1, 0.15) is 31.9 Å². The van der Waals surface area contributed by atoms with Gasteiger partial charge in [0.1, 0.15) is 18.2 Å². The molecule has 100 valence electrons. The van der Waals surface area contributed by atoms with Gasteiger partial charge in [-0.05, 0) is 34.7 Å². The van der Waals surface area contributed by atoms with Gasteiger partial charge < -0.3 is 4.74 Å². The van der Waals surface area contributed by atoms with E-state index in [0.29, 0.717) is 6.61 Å². The molecule has 0 atom stereocenters. The Balaban J connectivity index is 2.16. The molecule has 19 heavy (non-hydrogen) atoms. The van der Waals surface area contributed by atoms with Crippen LogP contribution in [0.3, 0.4) is 0 Å². The first-order chi connectivity index (χ1) is 8.97. The molecule has 0 aliphatic carbocycles. The van der Waals surface area contributed by atoms with Crippen LogP contribution in [-0.2, 0) is 12.0 Å². The average Bonchev–Trinajstić information content (AvgIpc) is 2.36. The maximum Gasteiger partial charge on any atom is 0.123 e. The summed E-state index contributed by atoms with van der Waals surface area (Å²) < 4.78 is 18.9. The van der Waals surface area contributed by atoms with E-state index in [9.17, 15) is 4.39 Å². The predicted molar refractivity (Wildman–Crippen MR) is 75.9 cm³/mol. The third-order valence-electron chi connectivity index (χ3n) is 2.98. The molecular weight excluding hydrogens is 239 g/mol. The van der Waals surface area contributed by atoms with Crippen molar-refractivity contribution < 1.29 is 9.13 Å². The molecule has 0 aliphatic rings. The molecule has 0 fully saturated rings. The van der Waals surface area contributed by atoms with E-state index in [2.05, 4.69) is 26.8 Å². The molecule has 0 heterocycles. The zero-order valence-corrected chi connectivity index (χ0v) is 11.6. The molecule has 0 spiro atoms. The Morgan fingerprint density at radius 3 is 2.42 bits per heavy atom. The van der Waals surface area contributed by atoms with Crippen LogP contribution in [0.4, 0.5) is 4.39 Å². The van der Waals surface area contributed by atoms with Gasteiger partial charge in [-0.25, -0.2) is 4.39 Å². The highest BCUT2D eigenvalue weighted by Gasteiger charge is 2.18. The van der Waals surface area contributed by atoms with Crippen LogP contribution in [0.2, 0.25) is 0 Å². The van der Waals surface area contributed by atoms with E-state index in [1.807, 2.05) is 24.3 Å². The number of hydrogen-bond donors (Lipinski definition) is 0. The smallest absolute Gasteiger partial charge is 0.123 e. The molecule has 0 unspecified atom stereocenters. The second-order valence-corrected chi connectivity index (χ2v) is 5.66. The van der Waals surface area contributed by atoms with Crippen molar-refractivity contribution in [2.45, 2.75) is 32.8 Å². The van der Waals surface area contributed by atoms with E-state index in [0.717, 1.165) is 16.9 Å². The average molecular weight is 258 g/mol. The number of benzene rings is 2. The lowest BCUT2D eigenvalue weighted by Crippen LogP contribution is -2.13. The summed E-state index contributed by atoms with van der Waals surface area (Å²) in [4.78, 5) is 0. The first-order valence-electron chi connectivity index (χ1n) is 6.43. The van der Waals surface area contributed by atoms with Crippen molar-refractivity contribution in [3.05, 3.63) is 65.5 Å². The van der Waals surface area contributed by atoms with Gasteiger partial charge in [-0.3, -0.25) is 0 Å². The summed E-state index contributed by atoms with van der Waals surface area (Å²) in [5, 5.41) is 0. The molecular formula is C17H19FO. The Morgan fingerprint density at radius 1 is 1.00 bits per heavy atom. The summed E-state index contributed by atoms with van der Waals surface area (Å²) in [6.45, 7) is 6.83. The summed E-state index contributed by atoms with van der Waals surface area (Å²) in [5.74, 6) is 0.629. The van der Waals surface area contributed by atoms with Crippen LogP contribution in [0, 0.1) is 5.82 Å². The second kappa shape index (κ2) is 5.43. The number of ether oxygens (including phenoxy) is 1. The first kappa shape index (κ1) is 13.6. The monoisotopic (exact) mass is 258 g/mol. The van der Waals surface area contributed by atoms with Crippen LogP contribution in [-0.4, -0.2) is 0 Å². The van der Waals surface area contributed by atoms with E-state index in [-0.39, 0.29) is 11.2 Å².